The van der Waals surface area contributed by atoms with Gasteiger partial charge in [-0.3, -0.25) is 4.72 Å². The van der Waals surface area contributed by atoms with Gasteiger partial charge in [-0.1, -0.05) is 29.8 Å². The van der Waals surface area contributed by atoms with Crippen molar-refractivity contribution < 1.29 is 17.5 Å². The molecule has 0 aliphatic heterocycles. The summed E-state index contributed by atoms with van der Waals surface area (Å²) in [6.45, 7) is 2.00. The van der Waals surface area contributed by atoms with E-state index in [1.807, 2.05) is 31.2 Å². The molecule has 0 bridgehead atoms. The molecule has 1 aromatic heterocycles. The van der Waals surface area contributed by atoms with Crippen molar-refractivity contribution in [1.29, 1.82) is 0 Å². The molecule has 1 N–H and O–H groups in total. The number of benzene rings is 3. The minimum absolute atomic E-state index is 0.0272. The molecule has 9 heteroatoms. The normalized spacial score (nSPS) is 11.3. The number of aromatic nitrogens is 3. The van der Waals surface area contributed by atoms with Crippen LogP contribution in [0.1, 0.15) is 5.56 Å². The molecule has 31 heavy (non-hydrogen) atoms. The maximum Gasteiger partial charge on any atom is 0.336 e. The van der Waals surface area contributed by atoms with Gasteiger partial charge in [0, 0.05) is 11.3 Å². The molecule has 4 rings (SSSR count). The minimum Gasteiger partial charge on any atom is -0.466 e. The molecular weight excluding hydrogens is 419 g/mol. The molecule has 0 saturated heterocycles. The fourth-order valence-corrected chi connectivity index (χ4v) is 4.01. The van der Waals surface area contributed by atoms with Crippen LogP contribution in [-0.4, -0.2) is 30.3 Å². The highest BCUT2D eigenvalue weighted by Crippen LogP contribution is 2.25. The quantitative estimate of drug-likeness (QED) is 0.488. The third-order valence-electron chi connectivity index (χ3n) is 4.57. The Morgan fingerprint density at radius 2 is 1.58 bits per heavy atom. The number of hydrogen-bond acceptors (Lipinski definition) is 5. The fourth-order valence-electron chi connectivity index (χ4n) is 2.95. The van der Waals surface area contributed by atoms with E-state index in [1.165, 1.54) is 19.2 Å². The first-order valence-electron chi connectivity index (χ1n) is 9.33. The van der Waals surface area contributed by atoms with E-state index in [9.17, 15) is 12.8 Å². The summed E-state index contributed by atoms with van der Waals surface area (Å²) < 4.78 is 47.4. The zero-order valence-electron chi connectivity index (χ0n) is 16.8. The van der Waals surface area contributed by atoms with E-state index in [-0.39, 0.29) is 10.9 Å². The highest BCUT2D eigenvalue weighted by atomic mass is 32.2. The number of anilines is 1. The van der Waals surface area contributed by atoms with Crippen LogP contribution in [0.4, 0.5) is 10.1 Å². The molecule has 0 fully saturated rings. The first kappa shape index (κ1) is 20.5. The Morgan fingerprint density at radius 3 is 2.19 bits per heavy atom. The third-order valence-corrected chi connectivity index (χ3v) is 5.97. The van der Waals surface area contributed by atoms with Gasteiger partial charge in [0.15, 0.2) is 5.82 Å². The van der Waals surface area contributed by atoms with Crippen LogP contribution in [0.3, 0.4) is 0 Å². The molecule has 0 aliphatic rings. The summed E-state index contributed by atoms with van der Waals surface area (Å²) in [5, 5.41) is 4.37. The molecule has 0 saturated carbocycles. The Labute approximate surface area is 179 Å². The molecule has 0 amide bonds. The Kier molecular flexibility index (Phi) is 5.43. The second-order valence-electron chi connectivity index (χ2n) is 6.81. The number of methoxy groups -OCH3 is 1. The van der Waals surface area contributed by atoms with Gasteiger partial charge in [0.05, 0.1) is 17.7 Å². The van der Waals surface area contributed by atoms with Gasteiger partial charge in [0.25, 0.3) is 10.0 Å². The lowest BCUT2D eigenvalue weighted by molar-refractivity contribution is 0.380. The highest BCUT2D eigenvalue weighted by molar-refractivity contribution is 7.92. The maximum absolute atomic E-state index is 13.1. The molecule has 0 radical (unpaired) electrons. The van der Waals surface area contributed by atoms with Crippen molar-refractivity contribution in [3.63, 3.8) is 0 Å². The fraction of sp³-hybridized carbons (Fsp3) is 0.0909. The summed E-state index contributed by atoms with van der Waals surface area (Å²) in [4.78, 5) is 4.39. The summed E-state index contributed by atoms with van der Waals surface area (Å²) in [5.41, 5.74) is 3.02. The monoisotopic (exact) mass is 438 g/mol. The predicted octanol–water partition coefficient (Wildman–Crippen LogP) is 4.19. The Hall–Kier alpha value is -3.72. The number of sulfonamides is 1. The standard InChI is InChI=1S/C22H19FN4O3S/c1-15-3-5-16(6-4-15)21-24-22(30-2)25-27(21)19-11-9-18(10-12-19)26-31(28,29)20-13-7-17(23)8-14-20/h3-14,26H,1-2H3. The molecule has 0 spiro atoms. The van der Waals surface area contributed by atoms with E-state index >= 15 is 0 Å². The average molecular weight is 438 g/mol. The zero-order valence-corrected chi connectivity index (χ0v) is 17.6. The topological polar surface area (TPSA) is 86.1 Å². The SMILES string of the molecule is COc1nc(-c2ccc(C)cc2)n(-c2ccc(NS(=O)(=O)c3ccc(F)cc3)cc2)n1. The largest absolute Gasteiger partial charge is 0.466 e. The van der Waals surface area contributed by atoms with Crippen molar-refractivity contribution >= 4 is 15.7 Å². The lowest BCUT2D eigenvalue weighted by Crippen LogP contribution is -2.13. The van der Waals surface area contributed by atoms with E-state index in [2.05, 4.69) is 14.8 Å². The summed E-state index contributed by atoms with van der Waals surface area (Å²) >= 11 is 0. The minimum atomic E-state index is -3.83. The van der Waals surface area contributed by atoms with Crippen LogP contribution >= 0.6 is 0 Å². The summed E-state index contributed by atoms with van der Waals surface area (Å²) in [7, 11) is -2.34. The Morgan fingerprint density at radius 1 is 0.935 bits per heavy atom. The van der Waals surface area contributed by atoms with E-state index < -0.39 is 15.8 Å². The van der Waals surface area contributed by atoms with E-state index in [4.69, 9.17) is 4.74 Å². The molecule has 7 nitrogen and oxygen atoms in total. The van der Waals surface area contributed by atoms with Crippen LogP contribution in [0.15, 0.2) is 77.7 Å². The van der Waals surface area contributed by atoms with Gasteiger partial charge in [-0.25, -0.2) is 17.5 Å². The summed E-state index contributed by atoms with van der Waals surface area (Å²) in [6.07, 6.45) is 0. The van der Waals surface area contributed by atoms with Gasteiger partial charge >= 0.3 is 6.01 Å². The van der Waals surface area contributed by atoms with E-state index in [1.54, 1.807) is 28.9 Å². The Balaban J connectivity index is 1.63. The molecular formula is C22H19FN4O3S. The van der Waals surface area contributed by atoms with Crippen LogP contribution in [0, 0.1) is 12.7 Å². The van der Waals surface area contributed by atoms with Gasteiger partial charge in [-0.15, -0.1) is 5.10 Å². The smallest absolute Gasteiger partial charge is 0.336 e. The van der Waals surface area contributed by atoms with Crippen LogP contribution in [0.2, 0.25) is 0 Å². The van der Waals surface area contributed by atoms with Crippen molar-refractivity contribution in [3.8, 4) is 23.1 Å². The van der Waals surface area contributed by atoms with Crippen molar-refractivity contribution in [2.75, 3.05) is 11.8 Å². The van der Waals surface area contributed by atoms with Gasteiger partial charge in [0.2, 0.25) is 0 Å². The molecule has 1 heterocycles. The van der Waals surface area contributed by atoms with Gasteiger partial charge in [0.1, 0.15) is 5.82 Å². The maximum atomic E-state index is 13.1. The number of nitrogens with zero attached hydrogens (tertiary/aromatic N) is 3. The molecule has 158 valence electrons. The molecule has 3 aromatic carbocycles. The van der Waals surface area contributed by atoms with Crippen LogP contribution in [-0.2, 0) is 10.0 Å². The second-order valence-corrected chi connectivity index (χ2v) is 8.49. The number of rotatable bonds is 6. The summed E-state index contributed by atoms with van der Waals surface area (Å²) in [6, 6.07) is 19.4. The van der Waals surface area contributed by atoms with E-state index in [0.717, 1.165) is 23.3 Å². The first-order valence-corrected chi connectivity index (χ1v) is 10.8. The number of hydrogen-bond donors (Lipinski definition) is 1. The number of nitrogens with one attached hydrogen (secondary N) is 1. The lowest BCUT2D eigenvalue weighted by Gasteiger charge is -2.10. The van der Waals surface area contributed by atoms with Crippen LogP contribution in [0.5, 0.6) is 6.01 Å². The average Bonchev–Trinajstić information content (AvgIpc) is 3.19. The van der Waals surface area contributed by atoms with Crippen molar-refractivity contribution in [2.24, 2.45) is 0 Å². The number of aryl methyl sites for hydroxylation is 1. The van der Waals surface area contributed by atoms with Gasteiger partial charge in [-0.05, 0) is 55.5 Å². The zero-order chi connectivity index (χ0) is 22.0. The number of ether oxygens (including phenoxy) is 1. The van der Waals surface area contributed by atoms with E-state index in [0.29, 0.717) is 17.2 Å². The molecule has 0 unspecified atom stereocenters. The van der Waals surface area contributed by atoms with Crippen molar-refractivity contribution in [2.45, 2.75) is 11.8 Å². The predicted molar refractivity (Wildman–Crippen MR) is 115 cm³/mol. The summed E-state index contributed by atoms with van der Waals surface area (Å²) in [5.74, 6) is 0.0902. The molecule has 4 aromatic rings. The number of halogens is 1. The van der Waals surface area contributed by atoms with Crippen LogP contribution < -0.4 is 9.46 Å². The highest BCUT2D eigenvalue weighted by Gasteiger charge is 2.16. The molecule has 0 aliphatic carbocycles. The lowest BCUT2D eigenvalue weighted by atomic mass is 10.1. The van der Waals surface area contributed by atoms with Crippen LogP contribution in [0.25, 0.3) is 17.1 Å². The van der Waals surface area contributed by atoms with Crippen molar-refractivity contribution in [1.82, 2.24) is 14.8 Å². The second kappa shape index (κ2) is 8.19. The van der Waals surface area contributed by atoms with Gasteiger partial charge < -0.3 is 4.74 Å². The molecule has 0 atom stereocenters. The van der Waals surface area contributed by atoms with Gasteiger partial charge in [-0.2, -0.15) is 4.98 Å². The van der Waals surface area contributed by atoms with Crippen molar-refractivity contribution in [3.05, 3.63) is 84.2 Å². The Bertz CT molecular complexity index is 1300. The first-order chi connectivity index (χ1) is 14.9. The third kappa shape index (κ3) is 4.41.